The van der Waals surface area contributed by atoms with Gasteiger partial charge < -0.3 is 9.30 Å². The summed E-state index contributed by atoms with van der Waals surface area (Å²) >= 11 is 0. The first-order valence-corrected chi connectivity index (χ1v) is 8.26. The van der Waals surface area contributed by atoms with Crippen LogP contribution in [0.5, 0.6) is 5.75 Å². The largest absolute Gasteiger partial charge is 0.496 e. The first-order valence-electron chi connectivity index (χ1n) is 8.26. The van der Waals surface area contributed by atoms with Crippen LogP contribution in [0.2, 0.25) is 0 Å². The van der Waals surface area contributed by atoms with Crippen molar-refractivity contribution in [3.05, 3.63) is 47.5 Å². The topological polar surface area (TPSA) is 47.4 Å². The van der Waals surface area contributed by atoms with Gasteiger partial charge in [0.1, 0.15) is 5.75 Å². The Bertz CT molecular complexity index is 776. The second kappa shape index (κ2) is 7.31. The van der Waals surface area contributed by atoms with Crippen LogP contribution in [0.1, 0.15) is 29.0 Å². The minimum absolute atomic E-state index is 0.0103. The number of rotatable bonds is 5. The number of hydrogen-bond donors (Lipinski definition) is 0. The van der Waals surface area contributed by atoms with E-state index in [1.165, 1.54) is 13.2 Å². The molecular weight excluding hydrogens is 328 g/mol. The van der Waals surface area contributed by atoms with Gasteiger partial charge in [0.15, 0.2) is 17.5 Å². The van der Waals surface area contributed by atoms with E-state index in [1.54, 1.807) is 24.0 Å². The number of methoxy groups -OCH3 is 1. The van der Waals surface area contributed by atoms with E-state index in [2.05, 4.69) is 4.98 Å². The number of Topliss-reactive ketones (excluding diaryl/α,β-unsaturated/α-hetero) is 1. The maximum Gasteiger partial charge on any atom is 0.202 e. The monoisotopic (exact) mass is 349 g/mol. The van der Waals surface area contributed by atoms with Crippen LogP contribution in [-0.4, -0.2) is 40.4 Å². The number of aryl methyl sites for hydroxylation is 1. The standard InChI is InChI=1S/C18H21F2N3O2/c1-22-9-7-21-18(22)17(24)12-4-3-8-23(10-12)11-13-15(25-2)6-5-14(19)16(13)20/h5-7,9,12H,3-4,8,10-11H2,1-2H3. The van der Waals surface area contributed by atoms with Crippen molar-refractivity contribution in [2.24, 2.45) is 13.0 Å². The van der Waals surface area contributed by atoms with Gasteiger partial charge in [-0.05, 0) is 31.5 Å². The van der Waals surface area contributed by atoms with Crippen LogP contribution in [0, 0.1) is 17.6 Å². The Morgan fingerprint density at radius 3 is 2.88 bits per heavy atom. The smallest absolute Gasteiger partial charge is 0.202 e. The van der Waals surface area contributed by atoms with Crippen LogP contribution < -0.4 is 4.74 Å². The molecule has 3 rings (SSSR count). The highest BCUT2D eigenvalue weighted by atomic mass is 19.2. The van der Waals surface area contributed by atoms with Crippen LogP contribution in [0.3, 0.4) is 0 Å². The number of carbonyl (C=O) groups is 1. The summed E-state index contributed by atoms with van der Waals surface area (Å²) in [5.41, 5.74) is 0.188. The summed E-state index contributed by atoms with van der Waals surface area (Å²) in [6.07, 6.45) is 4.92. The zero-order valence-corrected chi connectivity index (χ0v) is 14.3. The molecular formula is C18H21F2N3O2. The molecule has 0 N–H and O–H groups in total. The van der Waals surface area contributed by atoms with Gasteiger partial charge in [-0.3, -0.25) is 9.69 Å². The SMILES string of the molecule is COc1ccc(F)c(F)c1CN1CCCC(C(=O)c2nccn2C)C1. The van der Waals surface area contributed by atoms with Crippen molar-refractivity contribution < 1.29 is 18.3 Å². The average Bonchev–Trinajstić information content (AvgIpc) is 3.05. The lowest BCUT2D eigenvalue weighted by Crippen LogP contribution is -2.39. The molecule has 0 aliphatic carbocycles. The van der Waals surface area contributed by atoms with E-state index >= 15 is 0 Å². The van der Waals surface area contributed by atoms with Gasteiger partial charge in [0.2, 0.25) is 5.78 Å². The number of ether oxygens (including phenoxy) is 1. The fraction of sp³-hybridized carbons (Fsp3) is 0.444. The van der Waals surface area contributed by atoms with Gasteiger partial charge >= 0.3 is 0 Å². The Morgan fingerprint density at radius 1 is 1.40 bits per heavy atom. The van der Waals surface area contributed by atoms with Crippen molar-refractivity contribution >= 4 is 5.78 Å². The van der Waals surface area contributed by atoms with Gasteiger partial charge in [-0.2, -0.15) is 0 Å². The first kappa shape index (κ1) is 17.5. The summed E-state index contributed by atoms with van der Waals surface area (Å²) in [7, 11) is 3.22. The summed E-state index contributed by atoms with van der Waals surface area (Å²) in [6, 6.07) is 2.48. The number of benzene rings is 1. The van der Waals surface area contributed by atoms with Gasteiger partial charge in [-0.25, -0.2) is 13.8 Å². The molecule has 1 fully saturated rings. The van der Waals surface area contributed by atoms with Crippen molar-refractivity contribution in [2.45, 2.75) is 19.4 Å². The fourth-order valence-corrected chi connectivity index (χ4v) is 3.34. The summed E-state index contributed by atoms with van der Waals surface area (Å²) in [6.45, 7) is 1.42. The van der Waals surface area contributed by atoms with Gasteiger partial charge in [-0.15, -0.1) is 0 Å². The third kappa shape index (κ3) is 3.56. The van der Waals surface area contributed by atoms with E-state index in [1.807, 2.05) is 4.90 Å². The number of halogens is 2. The normalized spacial score (nSPS) is 18.3. The van der Waals surface area contributed by atoms with Crippen molar-refractivity contribution in [2.75, 3.05) is 20.2 Å². The lowest BCUT2D eigenvalue weighted by atomic mass is 9.93. The number of carbonyl (C=O) groups excluding carboxylic acids is 1. The molecule has 7 heteroatoms. The maximum atomic E-state index is 14.2. The summed E-state index contributed by atoms with van der Waals surface area (Å²) in [4.78, 5) is 18.7. The molecule has 1 aromatic heterocycles. The van der Waals surface area contributed by atoms with E-state index in [-0.39, 0.29) is 23.8 Å². The van der Waals surface area contributed by atoms with Crippen molar-refractivity contribution in [1.29, 1.82) is 0 Å². The quantitative estimate of drug-likeness (QED) is 0.779. The van der Waals surface area contributed by atoms with Gasteiger partial charge in [0.25, 0.3) is 0 Å². The summed E-state index contributed by atoms with van der Waals surface area (Å²) in [5.74, 6) is -1.25. The Hall–Kier alpha value is -2.28. The molecule has 0 radical (unpaired) electrons. The number of hydrogen-bond acceptors (Lipinski definition) is 4. The molecule has 1 aliphatic heterocycles. The average molecular weight is 349 g/mol. The predicted octanol–water partition coefficient (Wildman–Crippen LogP) is 2.80. The Balaban J connectivity index is 1.76. The second-order valence-electron chi connectivity index (χ2n) is 6.34. The van der Waals surface area contributed by atoms with E-state index in [4.69, 9.17) is 4.74 Å². The van der Waals surface area contributed by atoms with Crippen LogP contribution in [-0.2, 0) is 13.6 Å². The third-order valence-corrected chi connectivity index (χ3v) is 4.67. The van der Waals surface area contributed by atoms with Crippen LogP contribution in [0.15, 0.2) is 24.5 Å². The predicted molar refractivity (Wildman–Crippen MR) is 88.4 cm³/mol. The zero-order chi connectivity index (χ0) is 18.0. The van der Waals surface area contributed by atoms with Crippen molar-refractivity contribution in [1.82, 2.24) is 14.5 Å². The molecule has 1 aliphatic rings. The van der Waals surface area contributed by atoms with Crippen LogP contribution in [0.25, 0.3) is 0 Å². The second-order valence-corrected chi connectivity index (χ2v) is 6.34. The molecule has 0 saturated carbocycles. The number of nitrogens with zero attached hydrogens (tertiary/aromatic N) is 3. The zero-order valence-electron chi connectivity index (χ0n) is 14.3. The molecule has 1 atom stereocenters. The minimum atomic E-state index is -0.895. The third-order valence-electron chi connectivity index (χ3n) is 4.67. The molecule has 1 saturated heterocycles. The first-order chi connectivity index (χ1) is 12.0. The van der Waals surface area contributed by atoms with Crippen molar-refractivity contribution in [3.63, 3.8) is 0 Å². The number of imidazole rings is 1. The lowest BCUT2D eigenvalue weighted by molar-refractivity contribution is 0.0795. The molecule has 0 bridgehead atoms. The van der Waals surface area contributed by atoms with E-state index in [0.29, 0.717) is 18.1 Å². The van der Waals surface area contributed by atoms with E-state index in [9.17, 15) is 13.6 Å². The number of ketones is 1. The van der Waals surface area contributed by atoms with Crippen LogP contribution >= 0.6 is 0 Å². The molecule has 0 spiro atoms. The van der Waals surface area contributed by atoms with E-state index < -0.39 is 11.6 Å². The maximum absolute atomic E-state index is 14.2. The molecule has 2 aromatic rings. The van der Waals surface area contributed by atoms with Crippen molar-refractivity contribution in [3.8, 4) is 5.75 Å². The van der Waals surface area contributed by atoms with Crippen LogP contribution in [0.4, 0.5) is 8.78 Å². The summed E-state index contributed by atoms with van der Waals surface area (Å²) in [5, 5.41) is 0. The highest BCUT2D eigenvalue weighted by Crippen LogP contribution is 2.28. The number of aromatic nitrogens is 2. The molecule has 1 aromatic carbocycles. The fourth-order valence-electron chi connectivity index (χ4n) is 3.34. The summed E-state index contributed by atoms with van der Waals surface area (Å²) < 4.78 is 34.6. The molecule has 25 heavy (non-hydrogen) atoms. The Labute approximate surface area is 145 Å². The Morgan fingerprint density at radius 2 is 2.20 bits per heavy atom. The Kier molecular flexibility index (Phi) is 5.13. The number of likely N-dealkylation sites (tertiary alicyclic amines) is 1. The number of piperidine rings is 1. The highest BCUT2D eigenvalue weighted by Gasteiger charge is 2.29. The molecule has 5 nitrogen and oxygen atoms in total. The van der Waals surface area contributed by atoms with E-state index in [0.717, 1.165) is 25.5 Å². The van der Waals surface area contributed by atoms with Gasteiger partial charge in [0.05, 0.1) is 7.11 Å². The lowest BCUT2D eigenvalue weighted by Gasteiger charge is -2.32. The molecule has 1 unspecified atom stereocenters. The van der Waals surface area contributed by atoms with Gasteiger partial charge in [-0.1, -0.05) is 0 Å². The molecule has 2 heterocycles. The minimum Gasteiger partial charge on any atom is -0.496 e. The van der Waals surface area contributed by atoms with Gasteiger partial charge in [0, 0.05) is 44.0 Å². The molecule has 0 amide bonds. The highest BCUT2D eigenvalue weighted by molar-refractivity contribution is 5.94. The molecule has 134 valence electrons.